The first-order valence-corrected chi connectivity index (χ1v) is 5.30. The van der Waals surface area contributed by atoms with Gasteiger partial charge in [0.2, 0.25) is 0 Å². The van der Waals surface area contributed by atoms with Crippen LogP contribution in [0.1, 0.15) is 11.1 Å². The summed E-state index contributed by atoms with van der Waals surface area (Å²) < 4.78 is 20.6. The minimum atomic E-state index is -0.536. The van der Waals surface area contributed by atoms with Gasteiger partial charge in [-0.2, -0.15) is 5.10 Å². The Balaban J connectivity index is 0.00000180. The highest BCUT2D eigenvalue weighted by Crippen LogP contribution is 2.19. The molecule has 0 aliphatic heterocycles. The molecule has 0 unspecified atom stereocenters. The third-order valence-corrected chi connectivity index (χ3v) is 2.40. The van der Waals surface area contributed by atoms with Crippen molar-refractivity contribution in [3.8, 4) is 5.75 Å². The molecule has 5 nitrogen and oxygen atoms in total. The maximum Gasteiger partial charge on any atom is 0.165 e. The summed E-state index contributed by atoms with van der Waals surface area (Å²) in [6, 6.07) is 4.19. The number of hydrogen-bond donors (Lipinski definition) is 2. The smallest absolute Gasteiger partial charge is 0.165 e. The molecule has 1 heterocycles. The molecule has 2 aromatic rings. The molecule has 0 atom stereocenters. The molecule has 0 saturated heterocycles. The molecule has 0 radical (unpaired) electrons. The van der Waals surface area contributed by atoms with Crippen LogP contribution >= 0.6 is 12.4 Å². The lowest BCUT2D eigenvalue weighted by atomic mass is 10.2. The van der Waals surface area contributed by atoms with Crippen LogP contribution in [0, 0.1) is 11.2 Å². The molecule has 0 spiro atoms. The number of amidine groups is 1. The van der Waals surface area contributed by atoms with Gasteiger partial charge in [-0.1, -0.05) is 0 Å². The van der Waals surface area contributed by atoms with Crippen molar-refractivity contribution in [2.75, 3.05) is 0 Å². The van der Waals surface area contributed by atoms with Gasteiger partial charge in [0.15, 0.2) is 11.6 Å². The minimum Gasteiger partial charge on any atom is -0.486 e. The fourth-order valence-corrected chi connectivity index (χ4v) is 1.49. The number of aryl methyl sites for hydroxylation is 1. The first-order valence-electron chi connectivity index (χ1n) is 5.30. The fraction of sp³-hybridized carbons (Fsp3) is 0.167. The zero-order valence-corrected chi connectivity index (χ0v) is 11.1. The lowest BCUT2D eigenvalue weighted by Crippen LogP contribution is -2.11. The van der Waals surface area contributed by atoms with Crippen molar-refractivity contribution >= 4 is 18.2 Å². The number of halogens is 2. The molecule has 3 N–H and O–H groups in total. The second-order valence-electron chi connectivity index (χ2n) is 3.87. The third kappa shape index (κ3) is 3.69. The van der Waals surface area contributed by atoms with Crippen molar-refractivity contribution in [1.82, 2.24) is 9.78 Å². The summed E-state index contributed by atoms with van der Waals surface area (Å²) in [5, 5.41) is 11.2. The number of rotatable bonds is 4. The molecule has 0 fully saturated rings. The number of nitrogens with one attached hydrogen (secondary N) is 1. The van der Waals surface area contributed by atoms with Gasteiger partial charge >= 0.3 is 0 Å². The van der Waals surface area contributed by atoms with Crippen LogP contribution in [0.5, 0.6) is 5.75 Å². The molecule has 1 aromatic heterocycles. The van der Waals surface area contributed by atoms with Gasteiger partial charge in [0.05, 0.1) is 6.20 Å². The number of benzene rings is 1. The molecule has 0 aliphatic rings. The maximum atomic E-state index is 13.6. The van der Waals surface area contributed by atoms with Crippen LogP contribution < -0.4 is 10.5 Å². The van der Waals surface area contributed by atoms with Crippen molar-refractivity contribution < 1.29 is 9.13 Å². The normalized spacial score (nSPS) is 9.79. The second kappa shape index (κ2) is 6.19. The van der Waals surface area contributed by atoms with Gasteiger partial charge in [-0.15, -0.1) is 12.4 Å². The van der Waals surface area contributed by atoms with Crippen LogP contribution in [0.3, 0.4) is 0 Å². The molecule has 0 amide bonds. The van der Waals surface area contributed by atoms with E-state index in [-0.39, 0.29) is 30.6 Å². The fourth-order valence-electron chi connectivity index (χ4n) is 1.49. The number of hydrogen-bond acceptors (Lipinski definition) is 3. The van der Waals surface area contributed by atoms with E-state index in [1.165, 1.54) is 12.1 Å². The van der Waals surface area contributed by atoms with Gasteiger partial charge in [-0.05, 0) is 18.2 Å². The van der Waals surface area contributed by atoms with E-state index < -0.39 is 5.82 Å². The minimum absolute atomic E-state index is 0. The molecule has 1 aromatic carbocycles. The van der Waals surface area contributed by atoms with Gasteiger partial charge in [0.25, 0.3) is 0 Å². The number of aromatic nitrogens is 2. The van der Waals surface area contributed by atoms with E-state index in [1.54, 1.807) is 30.2 Å². The van der Waals surface area contributed by atoms with E-state index in [4.69, 9.17) is 15.9 Å². The van der Waals surface area contributed by atoms with Crippen LogP contribution in [0.2, 0.25) is 0 Å². The quantitative estimate of drug-likeness (QED) is 0.664. The van der Waals surface area contributed by atoms with E-state index in [2.05, 4.69) is 5.10 Å². The van der Waals surface area contributed by atoms with E-state index in [0.29, 0.717) is 5.56 Å². The zero-order valence-electron chi connectivity index (χ0n) is 10.3. The summed E-state index contributed by atoms with van der Waals surface area (Å²) in [4.78, 5) is 0. The third-order valence-electron chi connectivity index (χ3n) is 2.40. The Morgan fingerprint density at radius 2 is 2.26 bits per heavy atom. The Morgan fingerprint density at radius 1 is 1.53 bits per heavy atom. The standard InChI is InChI=1S/C12H13FN4O.ClH/c1-17-6-8(5-16-17)7-18-11-3-2-9(12(14)15)4-10(11)13;/h2-6H,7H2,1H3,(H3,14,15);1H. The SMILES string of the molecule is Cl.Cn1cc(COc2ccc(C(=N)N)cc2F)cn1. The molecular formula is C12H14ClFN4O. The summed E-state index contributed by atoms with van der Waals surface area (Å²) in [5.41, 5.74) is 6.45. The van der Waals surface area contributed by atoms with Crippen LogP contribution in [-0.4, -0.2) is 15.6 Å². The van der Waals surface area contributed by atoms with Crippen molar-refractivity contribution in [2.24, 2.45) is 12.8 Å². The summed E-state index contributed by atoms with van der Waals surface area (Å²) in [7, 11) is 1.80. The van der Waals surface area contributed by atoms with Crippen LogP contribution in [-0.2, 0) is 13.7 Å². The average molecular weight is 285 g/mol. The summed E-state index contributed by atoms with van der Waals surface area (Å²) in [5.74, 6) is -0.580. The molecular weight excluding hydrogens is 271 g/mol. The molecule has 7 heteroatoms. The van der Waals surface area contributed by atoms with Gasteiger partial charge in [0.1, 0.15) is 12.4 Å². The van der Waals surface area contributed by atoms with Crippen molar-refractivity contribution in [3.05, 3.63) is 47.5 Å². The number of ether oxygens (including phenoxy) is 1. The molecule has 19 heavy (non-hydrogen) atoms. The maximum absolute atomic E-state index is 13.6. The largest absolute Gasteiger partial charge is 0.486 e. The summed E-state index contributed by atoms with van der Waals surface area (Å²) in [6.45, 7) is 0.240. The Morgan fingerprint density at radius 3 is 2.79 bits per heavy atom. The molecule has 2 rings (SSSR count). The van der Waals surface area contributed by atoms with Crippen molar-refractivity contribution in [3.63, 3.8) is 0 Å². The van der Waals surface area contributed by atoms with Gasteiger partial charge in [-0.3, -0.25) is 10.1 Å². The van der Waals surface area contributed by atoms with Gasteiger partial charge < -0.3 is 10.5 Å². The molecule has 0 aliphatic carbocycles. The highest BCUT2D eigenvalue weighted by Gasteiger charge is 2.07. The Hall–Kier alpha value is -2.08. The summed E-state index contributed by atoms with van der Waals surface area (Å²) >= 11 is 0. The molecule has 0 saturated carbocycles. The zero-order chi connectivity index (χ0) is 13.1. The molecule has 102 valence electrons. The van der Waals surface area contributed by atoms with Gasteiger partial charge in [-0.25, -0.2) is 4.39 Å². The molecule has 0 bridgehead atoms. The highest BCUT2D eigenvalue weighted by molar-refractivity contribution is 5.95. The van der Waals surface area contributed by atoms with Crippen LogP contribution in [0.25, 0.3) is 0 Å². The van der Waals surface area contributed by atoms with E-state index in [1.807, 2.05) is 0 Å². The number of nitrogens with two attached hydrogens (primary N) is 1. The first kappa shape index (κ1) is 15.0. The number of nitrogens with zero attached hydrogens (tertiary/aromatic N) is 2. The lowest BCUT2D eigenvalue weighted by molar-refractivity contribution is 0.290. The lowest BCUT2D eigenvalue weighted by Gasteiger charge is -2.07. The van der Waals surface area contributed by atoms with Crippen molar-refractivity contribution in [2.45, 2.75) is 6.61 Å². The predicted molar refractivity (Wildman–Crippen MR) is 72.2 cm³/mol. The highest BCUT2D eigenvalue weighted by atomic mass is 35.5. The Labute approximate surface area is 116 Å². The van der Waals surface area contributed by atoms with E-state index in [0.717, 1.165) is 5.56 Å². The van der Waals surface area contributed by atoms with Crippen LogP contribution in [0.15, 0.2) is 30.6 Å². The van der Waals surface area contributed by atoms with E-state index >= 15 is 0 Å². The van der Waals surface area contributed by atoms with E-state index in [9.17, 15) is 4.39 Å². The summed E-state index contributed by atoms with van der Waals surface area (Å²) in [6.07, 6.45) is 3.45. The first-order chi connectivity index (χ1) is 8.56. The Kier molecular flexibility index (Phi) is 4.88. The van der Waals surface area contributed by atoms with Crippen LogP contribution in [0.4, 0.5) is 4.39 Å². The van der Waals surface area contributed by atoms with Gasteiger partial charge in [0, 0.05) is 24.4 Å². The Bertz CT molecular complexity index is 585. The monoisotopic (exact) mass is 284 g/mol. The average Bonchev–Trinajstić information content (AvgIpc) is 2.73. The second-order valence-corrected chi connectivity index (χ2v) is 3.87. The number of nitrogen functional groups attached to an aromatic ring is 1. The van der Waals surface area contributed by atoms with Crippen molar-refractivity contribution in [1.29, 1.82) is 5.41 Å². The predicted octanol–water partition coefficient (Wildman–Crippen LogP) is 1.84. The topological polar surface area (TPSA) is 76.9 Å².